The van der Waals surface area contributed by atoms with Crippen LogP contribution in [-0.2, 0) is 11.8 Å². The Hall–Kier alpha value is -0.780. The number of nitrogens with two attached hydrogens (primary N) is 1. The van der Waals surface area contributed by atoms with Gasteiger partial charge in [0.1, 0.15) is 5.82 Å². The number of halogens is 2. The highest BCUT2D eigenvalue weighted by Crippen LogP contribution is 2.28. The molecule has 0 aliphatic carbocycles. The van der Waals surface area contributed by atoms with Crippen LogP contribution in [0.15, 0.2) is 28.1 Å². The lowest BCUT2D eigenvalue weighted by Crippen LogP contribution is -2.16. The van der Waals surface area contributed by atoms with E-state index in [1.165, 1.54) is 0 Å². The van der Waals surface area contributed by atoms with E-state index in [-0.39, 0.29) is 17.3 Å². The van der Waals surface area contributed by atoms with Crippen LogP contribution in [0.2, 0.25) is 0 Å². The Kier molecular flexibility index (Phi) is 4.62. The molecule has 2 nitrogen and oxygen atoms in total. The van der Waals surface area contributed by atoms with Crippen molar-refractivity contribution in [1.82, 2.24) is 4.98 Å². The zero-order valence-electron chi connectivity index (χ0n) is 11.8. The molecule has 1 unspecified atom stereocenters. The van der Waals surface area contributed by atoms with Crippen molar-refractivity contribution < 1.29 is 4.39 Å². The molecule has 0 aliphatic rings. The van der Waals surface area contributed by atoms with E-state index in [1.54, 1.807) is 29.5 Å². The van der Waals surface area contributed by atoms with Gasteiger partial charge in [-0.3, -0.25) is 0 Å². The average Bonchev–Trinajstić information content (AvgIpc) is 2.81. The molecule has 108 valence electrons. The molecule has 0 saturated heterocycles. The van der Waals surface area contributed by atoms with Gasteiger partial charge in [0, 0.05) is 28.8 Å². The van der Waals surface area contributed by atoms with E-state index in [0.717, 1.165) is 10.7 Å². The van der Waals surface area contributed by atoms with Gasteiger partial charge in [-0.25, -0.2) is 9.37 Å². The zero-order valence-corrected chi connectivity index (χ0v) is 14.2. The normalized spacial score (nSPS) is 13.5. The molecule has 0 bridgehead atoms. The second-order valence-corrected chi connectivity index (χ2v) is 7.63. The van der Waals surface area contributed by atoms with Gasteiger partial charge in [-0.1, -0.05) is 32.9 Å². The third kappa shape index (κ3) is 3.45. The van der Waals surface area contributed by atoms with Crippen molar-refractivity contribution in [1.29, 1.82) is 0 Å². The van der Waals surface area contributed by atoms with E-state index in [9.17, 15) is 4.39 Å². The molecule has 1 atom stereocenters. The summed E-state index contributed by atoms with van der Waals surface area (Å²) in [6.07, 6.45) is 0.550. The third-order valence-electron chi connectivity index (χ3n) is 3.10. The molecule has 5 heteroatoms. The predicted molar refractivity (Wildman–Crippen MR) is 85.5 cm³/mol. The Balaban J connectivity index is 2.18. The number of thiazole rings is 1. The predicted octanol–water partition coefficient (Wildman–Crippen LogP) is 4.58. The molecule has 0 spiro atoms. The highest BCUT2D eigenvalue weighted by atomic mass is 79.9. The molecule has 2 aromatic rings. The van der Waals surface area contributed by atoms with E-state index in [4.69, 9.17) is 5.73 Å². The van der Waals surface area contributed by atoms with E-state index < -0.39 is 0 Å². The van der Waals surface area contributed by atoms with Gasteiger partial charge in [0.25, 0.3) is 0 Å². The number of aromatic nitrogens is 1. The first-order valence-corrected chi connectivity index (χ1v) is 8.10. The van der Waals surface area contributed by atoms with Gasteiger partial charge in [0.2, 0.25) is 0 Å². The number of benzene rings is 1. The Morgan fingerprint density at radius 1 is 1.40 bits per heavy atom. The Labute approximate surface area is 131 Å². The van der Waals surface area contributed by atoms with Gasteiger partial charge in [0.05, 0.1) is 15.2 Å². The second-order valence-electron chi connectivity index (χ2n) is 5.83. The van der Waals surface area contributed by atoms with E-state index in [2.05, 4.69) is 47.1 Å². The van der Waals surface area contributed by atoms with Gasteiger partial charge in [-0.15, -0.1) is 11.3 Å². The van der Waals surface area contributed by atoms with Crippen LogP contribution in [0.4, 0.5) is 4.39 Å². The molecule has 0 amide bonds. The van der Waals surface area contributed by atoms with Gasteiger partial charge in [-0.05, 0) is 22.0 Å². The van der Waals surface area contributed by atoms with Gasteiger partial charge in [-0.2, -0.15) is 0 Å². The fraction of sp³-hybridized carbons (Fsp3) is 0.400. The van der Waals surface area contributed by atoms with Crippen molar-refractivity contribution in [2.75, 3.05) is 0 Å². The minimum Gasteiger partial charge on any atom is -0.324 e. The van der Waals surface area contributed by atoms with Gasteiger partial charge >= 0.3 is 0 Å². The summed E-state index contributed by atoms with van der Waals surface area (Å²) in [5.74, 6) is -0.285. The molecule has 0 radical (unpaired) electrons. The van der Waals surface area contributed by atoms with Crippen molar-refractivity contribution in [3.05, 3.63) is 50.1 Å². The van der Waals surface area contributed by atoms with E-state index in [0.29, 0.717) is 16.5 Å². The summed E-state index contributed by atoms with van der Waals surface area (Å²) >= 11 is 4.77. The lowest BCUT2D eigenvalue weighted by atomic mass is 9.93. The molecular formula is C15H18BrFN2S. The summed E-state index contributed by atoms with van der Waals surface area (Å²) in [5.41, 5.74) is 7.72. The molecule has 1 aromatic carbocycles. The van der Waals surface area contributed by atoms with Gasteiger partial charge in [0.15, 0.2) is 0 Å². The molecule has 2 rings (SSSR count). The van der Waals surface area contributed by atoms with Crippen LogP contribution >= 0.6 is 27.3 Å². The number of rotatable bonds is 3. The second kappa shape index (κ2) is 5.92. The molecule has 1 aromatic heterocycles. The minimum absolute atomic E-state index is 0.0276. The van der Waals surface area contributed by atoms with Crippen molar-refractivity contribution in [2.24, 2.45) is 5.73 Å². The SMILES string of the molecule is CC(C)(C)c1csc(CC(N)c2cccc(Br)c2F)n1. The zero-order chi connectivity index (χ0) is 14.9. The Morgan fingerprint density at radius 2 is 2.10 bits per heavy atom. The summed E-state index contributed by atoms with van der Waals surface area (Å²) in [6.45, 7) is 6.37. The summed E-state index contributed by atoms with van der Waals surface area (Å²) in [4.78, 5) is 4.60. The average molecular weight is 357 g/mol. The Bertz CT molecular complexity index is 604. The summed E-state index contributed by atoms with van der Waals surface area (Å²) < 4.78 is 14.4. The summed E-state index contributed by atoms with van der Waals surface area (Å²) in [7, 11) is 0. The third-order valence-corrected chi connectivity index (χ3v) is 4.58. The smallest absolute Gasteiger partial charge is 0.142 e. The molecule has 1 heterocycles. The van der Waals surface area contributed by atoms with Crippen LogP contribution in [0.3, 0.4) is 0 Å². The molecule has 0 aliphatic heterocycles. The van der Waals surface area contributed by atoms with Crippen LogP contribution in [0.1, 0.15) is 43.1 Å². The van der Waals surface area contributed by atoms with Crippen LogP contribution in [-0.4, -0.2) is 4.98 Å². The largest absolute Gasteiger partial charge is 0.324 e. The first-order chi connectivity index (χ1) is 9.29. The minimum atomic E-state index is -0.383. The lowest BCUT2D eigenvalue weighted by Gasteiger charge is -2.15. The van der Waals surface area contributed by atoms with Crippen LogP contribution in [0.25, 0.3) is 0 Å². The van der Waals surface area contributed by atoms with Gasteiger partial charge < -0.3 is 5.73 Å². The van der Waals surface area contributed by atoms with Crippen molar-refractivity contribution in [3.8, 4) is 0 Å². The maximum Gasteiger partial charge on any atom is 0.142 e. The molecule has 2 N–H and O–H groups in total. The summed E-state index contributed by atoms with van der Waals surface area (Å²) in [5, 5.41) is 3.00. The van der Waals surface area contributed by atoms with Crippen LogP contribution < -0.4 is 5.73 Å². The quantitative estimate of drug-likeness (QED) is 0.873. The fourth-order valence-electron chi connectivity index (χ4n) is 1.85. The fourth-order valence-corrected chi connectivity index (χ4v) is 3.32. The first-order valence-electron chi connectivity index (χ1n) is 6.43. The van der Waals surface area contributed by atoms with Crippen LogP contribution in [0, 0.1) is 5.82 Å². The molecule has 0 saturated carbocycles. The van der Waals surface area contributed by atoms with Crippen molar-refractivity contribution >= 4 is 27.3 Å². The standard InChI is InChI=1S/C15H18BrFN2S/c1-15(2,3)12-8-20-13(19-12)7-11(18)9-5-4-6-10(16)14(9)17/h4-6,8,11H,7,18H2,1-3H3. The lowest BCUT2D eigenvalue weighted by molar-refractivity contribution is 0.561. The van der Waals surface area contributed by atoms with E-state index >= 15 is 0 Å². The van der Waals surface area contributed by atoms with Crippen LogP contribution in [0.5, 0.6) is 0 Å². The Morgan fingerprint density at radius 3 is 2.70 bits per heavy atom. The van der Waals surface area contributed by atoms with Crippen molar-refractivity contribution in [3.63, 3.8) is 0 Å². The van der Waals surface area contributed by atoms with Crippen molar-refractivity contribution in [2.45, 2.75) is 38.6 Å². The topological polar surface area (TPSA) is 38.9 Å². The first kappa shape index (κ1) is 15.6. The monoisotopic (exact) mass is 356 g/mol. The highest BCUT2D eigenvalue weighted by molar-refractivity contribution is 9.10. The highest BCUT2D eigenvalue weighted by Gasteiger charge is 2.20. The van der Waals surface area contributed by atoms with E-state index in [1.807, 2.05) is 0 Å². The number of hydrogen-bond donors (Lipinski definition) is 1. The molecular weight excluding hydrogens is 339 g/mol. The summed E-state index contributed by atoms with van der Waals surface area (Å²) in [6, 6.07) is 4.81. The molecule has 0 fully saturated rings. The molecule has 20 heavy (non-hydrogen) atoms. The number of hydrogen-bond acceptors (Lipinski definition) is 3. The maximum absolute atomic E-state index is 14.0. The number of nitrogens with zero attached hydrogens (tertiary/aromatic N) is 1. The maximum atomic E-state index is 14.0.